The first-order chi connectivity index (χ1) is 14.7. The zero-order valence-corrected chi connectivity index (χ0v) is 16.5. The number of hydrogen-bond acceptors (Lipinski definition) is 6. The van der Waals surface area contributed by atoms with Crippen LogP contribution in [0.2, 0.25) is 0 Å². The number of nitrogens with zero attached hydrogens (tertiary/aromatic N) is 6. The topological polar surface area (TPSA) is 89.9 Å². The highest BCUT2D eigenvalue weighted by atomic mass is 16.5. The number of aromatic nitrogens is 5. The van der Waals surface area contributed by atoms with Crippen molar-refractivity contribution < 1.29 is 9.32 Å². The highest BCUT2D eigenvalue weighted by Crippen LogP contribution is 2.39. The molecule has 2 aromatic carbocycles. The Labute approximate surface area is 173 Å². The molecule has 30 heavy (non-hydrogen) atoms. The van der Waals surface area contributed by atoms with Gasteiger partial charge in [0.1, 0.15) is 5.54 Å². The number of benzene rings is 2. The summed E-state index contributed by atoms with van der Waals surface area (Å²) in [5.41, 5.74) is 1.37. The van der Waals surface area contributed by atoms with Crippen LogP contribution in [0.4, 0.5) is 0 Å². The maximum atomic E-state index is 13.6. The van der Waals surface area contributed by atoms with Gasteiger partial charge in [0.05, 0.1) is 23.6 Å². The van der Waals surface area contributed by atoms with Crippen LogP contribution in [0.3, 0.4) is 0 Å². The van der Waals surface area contributed by atoms with E-state index in [1.54, 1.807) is 18.5 Å². The Morgan fingerprint density at radius 1 is 1.03 bits per heavy atom. The molecule has 0 bridgehead atoms. The van der Waals surface area contributed by atoms with Gasteiger partial charge in [0.25, 0.3) is 11.8 Å². The van der Waals surface area contributed by atoms with Gasteiger partial charge in [-0.1, -0.05) is 47.6 Å². The molecule has 1 unspecified atom stereocenters. The van der Waals surface area contributed by atoms with Crippen molar-refractivity contribution in [3.8, 4) is 17.1 Å². The normalized spacial score (nSPS) is 18.6. The van der Waals surface area contributed by atoms with Crippen molar-refractivity contribution in [1.29, 1.82) is 0 Å². The minimum absolute atomic E-state index is 0.109. The lowest BCUT2D eigenvalue weighted by atomic mass is 9.97. The fourth-order valence-corrected chi connectivity index (χ4v) is 3.97. The van der Waals surface area contributed by atoms with Crippen LogP contribution in [0.15, 0.2) is 71.5 Å². The van der Waals surface area contributed by atoms with E-state index in [4.69, 9.17) is 4.52 Å². The van der Waals surface area contributed by atoms with Crippen molar-refractivity contribution >= 4 is 5.91 Å². The molecule has 150 valence electrons. The Balaban J connectivity index is 1.50. The third-order valence-corrected chi connectivity index (χ3v) is 5.57. The highest BCUT2D eigenvalue weighted by Gasteiger charge is 2.46. The summed E-state index contributed by atoms with van der Waals surface area (Å²) in [6.07, 6.45) is 4.78. The summed E-state index contributed by atoms with van der Waals surface area (Å²) >= 11 is 0. The molecule has 1 fully saturated rings. The summed E-state index contributed by atoms with van der Waals surface area (Å²) < 4.78 is 5.64. The van der Waals surface area contributed by atoms with Gasteiger partial charge >= 0.3 is 0 Å². The lowest BCUT2D eigenvalue weighted by Gasteiger charge is -2.32. The second kappa shape index (κ2) is 7.22. The fraction of sp³-hybridized carbons (Fsp3) is 0.227. The quantitative estimate of drug-likeness (QED) is 0.521. The van der Waals surface area contributed by atoms with E-state index in [-0.39, 0.29) is 5.91 Å². The minimum atomic E-state index is -0.679. The van der Waals surface area contributed by atoms with Gasteiger partial charge in [-0.3, -0.25) is 4.79 Å². The maximum Gasteiger partial charge on any atom is 0.257 e. The lowest BCUT2D eigenvalue weighted by molar-refractivity contribution is 0.0551. The molecule has 0 aliphatic carbocycles. The highest BCUT2D eigenvalue weighted by molar-refractivity contribution is 5.98. The van der Waals surface area contributed by atoms with Crippen LogP contribution in [0, 0.1) is 0 Å². The van der Waals surface area contributed by atoms with Crippen LogP contribution in [0.25, 0.3) is 17.1 Å². The van der Waals surface area contributed by atoms with Gasteiger partial charge in [0.2, 0.25) is 5.82 Å². The number of carbonyl (C=O) groups is 1. The molecule has 3 heterocycles. The predicted octanol–water partition coefficient (Wildman–Crippen LogP) is 3.47. The molecule has 1 aliphatic heterocycles. The summed E-state index contributed by atoms with van der Waals surface area (Å²) in [6.45, 7) is 2.59. The minimum Gasteiger partial charge on any atom is -0.336 e. The van der Waals surface area contributed by atoms with E-state index in [1.807, 2.05) is 60.4 Å². The average molecular weight is 400 g/mol. The van der Waals surface area contributed by atoms with E-state index in [0.29, 0.717) is 29.5 Å². The van der Waals surface area contributed by atoms with Crippen molar-refractivity contribution in [2.45, 2.75) is 25.3 Å². The average Bonchev–Trinajstić information content (AvgIpc) is 3.55. The Bertz CT molecular complexity index is 1170. The van der Waals surface area contributed by atoms with E-state index in [0.717, 1.165) is 18.4 Å². The summed E-state index contributed by atoms with van der Waals surface area (Å²) in [5, 5.41) is 12.5. The van der Waals surface area contributed by atoms with Gasteiger partial charge in [-0.05, 0) is 31.9 Å². The third-order valence-electron chi connectivity index (χ3n) is 5.57. The molecule has 0 N–H and O–H groups in total. The second-order valence-corrected chi connectivity index (χ2v) is 7.46. The SMILES string of the molecule is CC1(c2nc(-c3ccccc3)no2)CCCN1C(=O)c1ccccc1-n1nccn1. The molecule has 4 aromatic rings. The molecule has 1 amide bonds. The van der Waals surface area contributed by atoms with Crippen molar-refractivity contribution in [1.82, 2.24) is 30.0 Å². The van der Waals surface area contributed by atoms with Crippen molar-refractivity contribution in [3.05, 3.63) is 78.4 Å². The molecular formula is C22H20N6O2. The molecule has 1 atom stereocenters. The number of rotatable bonds is 4. The Hall–Kier alpha value is -3.81. The van der Waals surface area contributed by atoms with Crippen LogP contribution in [-0.2, 0) is 5.54 Å². The predicted molar refractivity (Wildman–Crippen MR) is 109 cm³/mol. The van der Waals surface area contributed by atoms with Crippen LogP contribution in [-0.4, -0.2) is 42.5 Å². The molecule has 8 heteroatoms. The van der Waals surface area contributed by atoms with Crippen LogP contribution in [0.1, 0.15) is 36.0 Å². The number of likely N-dealkylation sites (tertiary alicyclic amines) is 1. The van der Waals surface area contributed by atoms with E-state index >= 15 is 0 Å². The molecule has 5 rings (SSSR count). The van der Waals surface area contributed by atoms with E-state index in [2.05, 4.69) is 20.3 Å². The van der Waals surface area contributed by atoms with E-state index < -0.39 is 5.54 Å². The largest absolute Gasteiger partial charge is 0.336 e. The monoisotopic (exact) mass is 400 g/mol. The first-order valence-corrected chi connectivity index (χ1v) is 9.84. The van der Waals surface area contributed by atoms with Gasteiger partial charge in [0.15, 0.2) is 0 Å². The first-order valence-electron chi connectivity index (χ1n) is 9.84. The summed E-state index contributed by atoms with van der Waals surface area (Å²) in [5.74, 6) is 0.858. The van der Waals surface area contributed by atoms with Gasteiger partial charge in [0, 0.05) is 12.1 Å². The van der Waals surface area contributed by atoms with Gasteiger partial charge in [-0.15, -0.1) is 0 Å². The number of amides is 1. The molecular weight excluding hydrogens is 380 g/mol. The fourth-order valence-electron chi connectivity index (χ4n) is 3.97. The molecule has 1 saturated heterocycles. The van der Waals surface area contributed by atoms with Crippen molar-refractivity contribution in [2.24, 2.45) is 0 Å². The smallest absolute Gasteiger partial charge is 0.257 e. The summed E-state index contributed by atoms with van der Waals surface area (Å²) in [7, 11) is 0. The molecule has 1 aliphatic rings. The molecule has 2 aromatic heterocycles. The van der Waals surface area contributed by atoms with Crippen molar-refractivity contribution in [2.75, 3.05) is 6.54 Å². The summed E-state index contributed by atoms with van der Waals surface area (Å²) in [4.78, 5) is 21.5. The van der Waals surface area contributed by atoms with E-state index in [9.17, 15) is 4.79 Å². The maximum absolute atomic E-state index is 13.6. The van der Waals surface area contributed by atoms with Crippen LogP contribution >= 0.6 is 0 Å². The van der Waals surface area contributed by atoms with Gasteiger partial charge in [-0.2, -0.15) is 20.0 Å². The Kier molecular flexibility index (Phi) is 4.39. The number of carbonyl (C=O) groups excluding carboxylic acids is 1. The Morgan fingerprint density at radius 3 is 2.57 bits per heavy atom. The van der Waals surface area contributed by atoms with Crippen LogP contribution < -0.4 is 0 Å². The molecule has 0 saturated carbocycles. The Morgan fingerprint density at radius 2 is 1.77 bits per heavy atom. The summed E-state index contributed by atoms with van der Waals surface area (Å²) in [6, 6.07) is 17.0. The molecule has 0 spiro atoms. The van der Waals surface area contributed by atoms with E-state index in [1.165, 1.54) is 4.80 Å². The number of hydrogen-bond donors (Lipinski definition) is 0. The third kappa shape index (κ3) is 2.97. The zero-order valence-electron chi connectivity index (χ0n) is 16.5. The molecule has 8 nitrogen and oxygen atoms in total. The van der Waals surface area contributed by atoms with Crippen molar-refractivity contribution in [3.63, 3.8) is 0 Å². The van der Waals surface area contributed by atoms with Gasteiger partial charge < -0.3 is 9.42 Å². The first kappa shape index (κ1) is 18.2. The second-order valence-electron chi connectivity index (χ2n) is 7.46. The number of para-hydroxylation sites is 1. The van der Waals surface area contributed by atoms with Gasteiger partial charge in [-0.25, -0.2) is 0 Å². The van der Waals surface area contributed by atoms with Crippen LogP contribution in [0.5, 0.6) is 0 Å². The zero-order chi connectivity index (χ0) is 20.6. The lowest BCUT2D eigenvalue weighted by Crippen LogP contribution is -2.43. The standard InChI is InChI=1S/C22H20N6O2/c1-22(21-25-19(26-30-21)16-8-3-2-4-9-16)12-7-15-27(22)20(29)17-10-5-6-11-18(17)28-23-13-14-24-28/h2-6,8-11,13-14H,7,12,15H2,1H3. The molecule has 0 radical (unpaired) electrons.